The van der Waals surface area contributed by atoms with Crippen LogP contribution >= 0.6 is 0 Å². The van der Waals surface area contributed by atoms with E-state index in [1.165, 1.54) is 24.0 Å². The lowest BCUT2D eigenvalue weighted by Crippen LogP contribution is -2.51. The van der Waals surface area contributed by atoms with E-state index in [2.05, 4.69) is 15.4 Å². The Morgan fingerprint density at radius 3 is 2.97 bits per heavy atom. The molecule has 0 bridgehead atoms. The molecule has 3 heterocycles. The van der Waals surface area contributed by atoms with E-state index in [9.17, 15) is 20.3 Å². The average molecular weight is 464 g/mol. The van der Waals surface area contributed by atoms with Crippen LogP contribution in [0.15, 0.2) is 18.5 Å². The molecule has 5 N–H and O–H groups in total. The van der Waals surface area contributed by atoms with E-state index in [4.69, 9.17) is 24.7 Å². The normalized spacial score (nSPS) is 20.6. The number of aliphatic hydroxyl groups excluding tert-OH is 2. The highest BCUT2D eigenvalue weighted by atomic mass is 16.6. The molecule has 1 saturated heterocycles. The third kappa shape index (κ3) is 5.38. The molecule has 33 heavy (non-hydrogen) atoms. The smallest absolute Gasteiger partial charge is 0.323 e. The van der Waals surface area contributed by atoms with Crippen molar-refractivity contribution in [1.82, 2.24) is 19.9 Å². The maximum Gasteiger partial charge on any atom is 0.323 e. The van der Waals surface area contributed by atoms with Crippen molar-refractivity contribution < 1.29 is 34.0 Å². The number of carbonyl (C=O) groups is 1. The third-order valence-corrected chi connectivity index (χ3v) is 5.48. The van der Waals surface area contributed by atoms with Gasteiger partial charge in [-0.25, -0.2) is 9.50 Å². The van der Waals surface area contributed by atoms with E-state index < -0.39 is 36.4 Å². The van der Waals surface area contributed by atoms with Crippen LogP contribution in [0.5, 0.6) is 0 Å². The van der Waals surface area contributed by atoms with Gasteiger partial charge in [-0.2, -0.15) is 10.4 Å². The molecule has 0 aliphatic carbocycles. The predicted molar refractivity (Wildman–Crippen MR) is 112 cm³/mol. The average Bonchev–Trinajstić information content (AvgIpc) is 3.49. The van der Waals surface area contributed by atoms with E-state index in [-0.39, 0.29) is 24.3 Å². The molecule has 1 aliphatic heterocycles. The maximum absolute atomic E-state index is 12.1. The van der Waals surface area contributed by atoms with Gasteiger partial charge in [0.25, 0.3) is 0 Å². The number of nitriles is 1. The van der Waals surface area contributed by atoms with Crippen LogP contribution in [0.4, 0.5) is 5.82 Å². The number of hydrogen-bond acceptors (Lipinski definition) is 12. The summed E-state index contributed by atoms with van der Waals surface area (Å²) in [5, 5.41) is 38.2. The summed E-state index contributed by atoms with van der Waals surface area (Å²) in [6, 6.07) is 4.29. The molecule has 2 aromatic rings. The molecule has 0 radical (unpaired) electrons. The van der Waals surface area contributed by atoms with Gasteiger partial charge in [0, 0.05) is 13.5 Å². The number of hydrogen-bond donors (Lipinski definition) is 4. The summed E-state index contributed by atoms with van der Waals surface area (Å²) < 4.78 is 22.5. The summed E-state index contributed by atoms with van der Waals surface area (Å²) in [5.74, 6) is -0.261. The second-order valence-corrected chi connectivity index (χ2v) is 7.64. The van der Waals surface area contributed by atoms with Crippen molar-refractivity contribution in [1.29, 1.82) is 5.26 Å². The number of esters is 1. The van der Waals surface area contributed by atoms with Gasteiger partial charge in [-0.1, -0.05) is 0 Å². The number of ether oxygens (including phenoxy) is 4. The van der Waals surface area contributed by atoms with Crippen LogP contribution in [-0.4, -0.2) is 88.3 Å². The Bertz CT molecular complexity index is 989. The molecule has 180 valence electrons. The highest BCUT2D eigenvalue weighted by Gasteiger charge is 2.44. The largest absolute Gasteiger partial charge is 0.459 e. The van der Waals surface area contributed by atoms with Crippen molar-refractivity contribution in [3.8, 4) is 6.07 Å². The van der Waals surface area contributed by atoms with Gasteiger partial charge in [0.05, 0.1) is 32.2 Å². The van der Waals surface area contributed by atoms with Crippen LogP contribution in [0.25, 0.3) is 5.52 Å². The number of carbonyl (C=O) groups excluding carboxylic acids is 1. The van der Waals surface area contributed by atoms with E-state index >= 15 is 0 Å². The molecule has 1 aliphatic rings. The molecular weight excluding hydrogens is 436 g/mol. The highest BCUT2D eigenvalue weighted by molar-refractivity contribution is 5.75. The van der Waals surface area contributed by atoms with Crippen LogP contribution in [-0.2, 0) is 23.7 Å². The standard InChI is InChI=1S/C20H28N6O7/c1-12(19(29)33-13-5-6-31-7-13)24-11-32-9-20(8-21,30-2)17(28)16(27)14-3-4-15-18(22)23-10-25-26(14)15/h3-4,10,12-13,16-17,24,27-28H,5-7,9,11H2,1-2H3,(H2,22,23,25)/t12-,13-,16-,17-,20+/m0/s1. The fourth-order valence-corrected chi connectivity index (χ4v) is 3.36. The second kappa shape index (κ2) is 10.8. The van der Waals surface area contributed by atoms with E-state index in [0.29, 0.717) is 25.2 Å². The summed E-state index contributed by atoms with van der Waals surface area (Å²) in [6.07, 6.45) is -1.65. The van der Waals surface area contributed by atoms with Crippen molar-refractivity contribution in [2.75, 3.05) is 39.4 Å². The zero-order chi connectivity index (χ0) is 24.0. The molecule has 0 aromatic carbocycles. The number of aromatic nitrogens is 3. The topological polar surface area (TPSA) is 186 Å². The number of anilines is 1. The minimum Gasteiger partial charge on any atom is -0.459 e. The Hall–Kier alpha value is -2.86. The van der Waals surface area contributed by atoms with Gasteiger partial charge in [0.2, 0.25) is 5.60 Å². The van der Waals surface area contributed by atoms with Crippen molar-refractivity contribution in [2.45, 2.75) is 43.3 Å². The van der Waals surface area contributed by atoms with Crippen LogP contribution in [0.1, 0.15) is 25.1 Å². The molecule has 3 rings (SSSR count). The van der Waals surface area contributed by atoms with Gasteiger partial charge in [0.15, 0.2) is 5.82 Å². The molecule has 0 spiro atoms. The number of nitrogens with two attached hydrogens (primary N) is 1. The molecule has 0 unspecified atom stereocenters. The Balaban J connectivity index is 1.58. The minimum atomic E-state index is -1.91. The lowest BCUT2D eigenvalue weighted by molar-refractivity contribution is -0.154. The monoisotopic (exact) mass is 464 g/mol. The molecule has 13 nitrogen and oxygen atoms in total. The molecular formula is C20H28N6O7. The molecule has 0 amide bonds. The van der Waals surface area contributed by atoms with E-state index in [0.717, 1.165) is 0 Å². The van der Waals surface area contributed by atoms with Crippen LogP contribution < -0.4 is 11.1 Å². The Morgan fingerprint density at radius 2 is 2.30 bits per heavy atom. The highest BCUT2D eigenvalue weighted by Crippen LogP contribution is 2.29. The van der Waals surface area contributed by atoms with Gasteiger partial charge in [0.1, 0.15) is 42.3 Å². The van der Waals surface area contributed by atoms with Gasteiger partial charge in [-0.05, 0) is 19.1 Å². The zero-order valence-corrected chi connectivity index (χ0v) is 18.4. The van der Waals surface area contributed by atoms with Gasteiger partial charge < -0.3 is 34.9 Å². The lowest BCUT2D eigenvalue weighted by atomic mass is 9.93. The fraction of sp³-hybridized carbons (Fsp3) is 0.600. The van der Waals surface area contributed by atoms with Crippen LogP contribution in [0.3, 0.4) is 0 Å². The molecule has 13 heteroatoms. The summed E-state index contributed by atoms with van der Waals surface area (Å²) in [4.78, 5) is 16.0. The first-order valence-corrected chi connectivity index (χ1v) is 10.3. The summed E-state index contributed by atoms with van der Waals surface area (Å²) in [6.45, 7) is 2.01. The van der Waals surface area contributed by atoms with E-state index in [1.807, 2.05) is 6.07 Å². The third-order valence-electron chi connectivity index (χ3n) is 5.48. The fourth-order valence-electron chi connectivity index (χ4n) is 3.36. The first kappa shape index (κ1) is 24.8. The molecule has 0 saturated carbocycles. The number of nitrogens with zero attached hydrogens (tertiary/aromatic N) is 4. The van der Waals surface area contributed by atoms with Crippen LogP contribution in [0.2, 0.25) is 0 Å². The van der Waals surface area contributed by atoms with Gasteiger partial charge >= 0.3 is 5.97 Å². The van der Waals surface area contributed by atoms with Crippen molar-refractivity contribution in [3.63, 3.8) is 0 Å². The van der Waals surface area contributed by atoms with Crippen molar-refractivity contribution >= 4 is 17.3 Å². The minimum absolute atomic E-state index is 0.134. The molecule has 5 atom stereocenters. The second-order valence-electron chi connectivity index (χ2n) is 7.64. The van der Waals surface area contributed by atoms with Gasteiger partial charge in [-0.3, -0.25) is 10.1 Å². The summed E-state index contributed by atoms with van der Waals surface area (Å²) in [5.41, 5.74) is 4.51. The lowest BCUT2D eigenvalue weighted by Gasteiger charge is -2.32. The number of fused-ring (bicyclic) bond motifs is 1. The van der Waals surface area contributed by atoms with E-state index in [1.54, 1.807) is 13.0 Å². The Morgan fingerprint density at radius 1 is 1.52 bits per heavy atom. The summed E-state index contributed by atoms with van der Waals surface area (Å²) >= 11 is 0. The number of nitrogen functional groups attached to an aromatic ring is 1. The SMILES string of the molecule is CO[C@](C#N)(COCN[C@@H](C)C(=O)O[C@H]1CCOC1)[C@@H](O)[C@@H](O)c1ccc2c(N)ncnn12. The quantitative estimate of drug-likeness (QED) is 0.179. The van der Waals surface area contributed by atoms with Gasteiger partial charge in [-0.15, -0.1) is 0 Å². The Kier molecular flexibility index (Phi) is 8.14. The zero-order valence-electron chi connectivity index (χ0n) is 18.4. The summed E-state index contributed by atoms with van der Waals surface area (Å²) in [7, 11) is 1.22. The first-order valence-electron chi connectivity index (χ1n) is 10.3. The number of aliphatic hydroxyl groups is 2. The number of nitrogens with one attached hydrogen (secondary N) is 1. The van der Waals surface area contributed by atoms with Crippen molar-refractivity contribution in [2.24, 2.45) is 0 Å². The van der Waals surface area contributed by atoms with Crippen LogP contribution in [0, 0.1) is 11.3 Å². The Labute approximate surface area is 190 Å². The predicted octanol–water partition coefficient (Wildman–Crippen LogP) is -1.10. The maximum atomic E-state index is 12.1. The number of rotatable bonds is 11. The number of methoxy groups -OCH3 is 1. The molecule has 1 fully saturated rings. The van der Waals surface area contributed by atoms with Crippen molar-refractivity contribution in [3.05, 3.63) is 24.2 Å². The first-order chi connectivity index (χ1) is 15.8. The molecule has 2 aromatic heterocycles.